The summed E-state index contributed by atoms with van der Waals surface area (Å²) < 4.78 is 0. The number of fused-ring (bicyclic) bond motifs is 1. The topological polar surface area (TPSA) is 69.8 Å². The number of aliphatic hydroxyl groups is 1. The third-order valence-electron chi connectivity index (χ3n) is 4.61. The van der Waals surface area contributed by atoms with Crippen molar-refractivity contribution < 1.29 is 10.0 Å². The van der Waals surface area contributed by atoms with Gasteiger partial charge in [0.05, 0.1) is 11.0 Å². The Labute approximate surface area is 124 Å². The lowest BCUT2D eigenvalue weighted by molar-refractivity contribution is -0.384. The fourth-order valence-corrected chi connectivity index (χ4v) is 3.42. The number of hydrogen-bond donors (Lipinski definition) is 1. The highest BCUT2D eigenvalue weighted by Crippen LogP contribution is 2.33. The lowest BCUT2D eigenvalue weighted by Crippen LogP contribution is -2.50. The lowest BCUT2D eigenvalue weighted by Gasteiger charge is -2.38. The average molecular weight is 291 g/mol. The van der Waals surface area contributed by atoms with Crippen molar-refractivity contribution in [3.05, 3.63) is 33.9 Å². The van der Waals surface area contributed by atoms with E-state index in [4.69, 9.17) is 0 Å². The number of hydrogen-bond acceptors (Lipinski definition) is 5. The Morgan fingerprint density at radius 3 is 2.90 bits per heavy atom. The molecule has 21 heavy (non-hydrogen) atoms. The second-order valence-corrected chi connectivity index (χ2v) is 5.96. The van der Waals surface area contributed by atoms with Crippen molar-refractivity contribution in [3.8, 4) is 0 Å². The highest BCUT2D eigenvalue weighted by atomic mass is 16.6. The summed E-state index contributed by atoms with van der Waals surface area (Å²) in [5, 5.41) is 21.0. The van der Waals surface area contributed by atoms with Gasteiger partial charge in [-0.15, -0.1) is 0 Å². The van der Waals surface area contributed by atoms with Crippen LogP contribution in [0.15, 0.2) is 18.2 Å². The molecule has 6 nitrogen and oxygen atoms in total. The van der Waals surface area contributed by atoms with Crippen molar-refractivity contribution in [2.45, 2.75) is 31.9 Å². The summed E-state index contributed by atoms with van der Waals surface area (Å²) in [5.41, 5.74) is 1.36. The molecular weight excluding hydrogens is 270 g/mol. The molecule has 2 heterocycles. The number of aliphatic hydroxyl groups excluding tert-OH is 1. The Bertz CT molecular complexity index is 547. The quantitative estimate of drug-likeness (QED) is 0.680. The third kappa shape index (κ3) is 2.73. The molecule has 6 heteroatoms. The van der Waals surface area contributed by atoms with Crippen molar-refractivity contribution >= 4 is 11.4 Å². The molecule has 2 atom stereocenters. The van der Waals surface area contributed by atoms with Crippen molar-refractivity contribution in [3.63, 3.8) is 0 Å². The van der Waals surface area contributed by atoms with Gasteiger partial charge < -0.3 is 10.0 Å². The summed E-state index contributed by atoms with van der Waals surface area (Å²) >= 11 is 0. The van der Waals surface area contributed by atoms with Crippen LogP contribution in [0.4, 0.5) is 11.4 Å². The van der Waals surface area contributed by atoms with E-state index in [9.17, 15) is 15.2 Å². The Hall–Kier alpha value is -1.66. The van der Waals surface area contributed by atoms with Crippen molar-refractivity contribution in [1.29, 1.82) is 0 Å². The number of nitro benzene ring substituents is 1. The van der Waals surface area contributed by atoms with Gasteiger partial charge in [-0.2, -0.15) is 0 Å². The summed E-state index contributed by atoms with van der Waals surface area (Å²) in [6, 6.07) is 5.59. The zero-order valence-corrected chi connectivity index (χ0v) is 12.2. The smallest absolute Gasteiger partial charge is 0.292 e. The minimum Gasteiger partial charge on any atom is -0.389 e. The number of anilines is 1. The monoisotopic (exact) mass is 291 g/mol. The number of benzene rings is 1. The van der Waals surface area contributed by atoms with Gasteiger partial charge >= 0.3 is 0 Å². The van der Waals surface area contributed by atoms with Crippen LogP contribution in [0.5, 0.6) is 0 Å². The molecule has 2 fully saturated rings. The molecule has 1 N–H and O–H groups in total. The molecule has 2 aliphatic rings. The highest BCUT2D eigenvalue weighted by Gasteiger charge is 2.32. The van der Waals surface area contributed by atoms with E-state index in [0.717, 1.165) is 26.2 Å². The van der Waals surface area contributed by atoms with E-state index in [1.54, 1.807) is 19.1 Å². The molecule has 0 spiro atoms. The second kappa shape index (κ2) is 5.61. The first-order valence-corrected chi connectivity index (χ1v) is 7.51. The summed E-state index contributed by atoms with van der Waals surface area (Å²) in [7, 11) is 0. The van der Waals surface area contributed by atoms with Gasteiger partial charge in [-0.05, 0) is 37.9 Å². The van der Waals surface area contributed by atoms with Crippen LogP contribution in [0.25, 0.3) is 0 Å². The Morgan fingerprint density at radius 1 is 1.38 bits per heavy atom. The van der Waals surface area contributed by atoms with Crippen molar-refractivity contribution in [2.24, 2.45) is 0 Å². The Balaban J connectivity index is 1.89. The first kappa shape index (κ1) is 14.3. The van der Waals surface area contributed by atoms with Gasteiger partial charge in [-0.3, -0.25) is 15.0 Å². The minimum atomic E-state index is -0.690. The molecule has 0 amide bonds. The summed E-state index contributed by atoms with van der Waals surface area (Å²) in [5.74, 6) is 0. The van der Waals surface area contributed by atoms with Crippen LogP contribution in [0.2, 0.25) is 0 Å². The first-order valence-electron chi connectivity index (χ1n) is 7.51. The van der Waals surface area contributed by atoms with Crippen LogP contribution in [0.3, 0.4) is 0 Å². The largest absolute Gasteiger partial charge is 0.389 e. The summed E-state index contributed by atoms with van der Waals surface area (Å²) in [6.45, 7) is 5.43. The first-order chi connectivity index (χ1) is 10.1. The molecule has 0 aliphatic carbocycles. The van der Waals surface area contributed by atoms with E-state index in [-0.39, 0.29) is 10.6 Å². The van der Waals surface area contributed by atoms with Gasteiger partial charge in [-0.1, -0.05) is 6.07 Å². The second-order valence-electron chi connectivity index (χ2n) is 5.96. The van der Waals surface area contributed by atoms with E-state index in [1.807, 2.05) is 0 Å². The van der Waals surface area contributed by atoms with Crippen LogP contribution < -0.4 is 4.90 Å². The van der Waals surface area contributed by atoms with Crippen LogP contribution in [0.1, 0.15) is 31.4 Å². The lowest BCUT2D eigenvalue weighted by atomic mass is 10.1. The molecule has 1 aromatic carbocycles. The van der Waals surface area contributed by atoms with Gasteiger partial charge in [0.25, 0.3) is 5.69 Å². The number of rotatable bonds is 3. The van der Waals surface area contributed by atoms with Gasteiger partial charge in [0.1, 0.15) is 5.69 Å². The highest BCUT2D eigenvalue weighted by molar-refractivity contribution is 5.65. The molecule has 0 aromatic heterocycles. The van der Waals surface area contributed by atoms with Crippen LogP contribution in [-0.4, -0.2) is 47.2 Å². The van der Waals surface area contributed by atoms with Crippen LogP contribution in [0, 0.1) is 10.1 Å². The van der Waals surface area contributed by atoms with E-state index in [0.29, 0.717) is 17.3 Å². The number of nitrogens with zero attached hydrogens (tertiary/aromatic N) is 3. The zero-order valence-electron chi connectivity index (χ0n) is 12.2. The minimum absolute atomic E-state index is 0.0971. The predicted molar refractivity (Wildman–Crippen MR) is 80.5 cm³/mol. The average Bonchev–Trinajstić information content (AvgIpc) is 2.93. The molecule has 3 rings (SSSR count). The van der Waals surface area contributed by atoms with Crippen molar-refractivity contribution in [2.75, 3.05) is 31.1 Å². The van der Waals surface area contributed by atoms with Gasteiger partial charge in [0, 0.05) is 31.7 Å². The number of piperazine rings is 1. The predicted octanol–water partition coefficient (Wildman–Crippen LogP) is 1.93. The summed E-state index contributed by atoms with van der Waals surface area (Å²) in [4.78, 5) is 15.6. The van der Waals surface area contributed by atoms with E-state index in [1.165, 1.54) is 18.9 Å². The standard InChI is InChI=1S/C15H21N3O3/c1-11(19)12-4-5-14(15(9-12)18(20)21)17-8-7-16-6-2-3-13(16)10-17/h4-5,9,11,13,19H,2-3,6-8,10H2,1H3/t11-,13?/m0/s1. The summed E-state index contributed by atoms with van der Waals surface area (Å²) in [6.07, 6.45) is 1.71. The third-order valence-corrected chi connectivity index (χ3v) is 4.61. The van der Waals surface area contributed by atoms with E-state index >= 15 is 0 Å². The van der Waals surface area contributed by atoms with Crippen LogP contribution in [-0.2, 0) is 0 Å². The molecule has 0 bridgehead atoms. The molecule has 1 unspecified atom stereocenters. The maximum atomic E-state index is 11.4. The van der Waals surface area contributed by atoms with Gasteiger partial charge in [0.2, 0.25) is 0 Å². The Kier molecular flexibility index (Phi) is 3.82. The molecular formula is C15H21N3O3. The van der Waals surface area contributed by atoms with Gasteiger partial charge in [0.15, 0.2) is 0 Å². The molecule has 114 valence electrons. The maximum Gasteiger partial charge on any atom is 0.292 e. The zero-order chi connectivity index (χ0) is 15.0. The Morgan fingerprint density at radius 2 is 2.19 bits per heavy atom. The molecule has 2 saturated heterocycles. The van der Waals surface area contributed by atoms with Gasteiger partial charge in [-0.25, -0.2) is 0 Å². The SMILES string of the molecule is C[C@H](O)c1ccc(N2CCN3CCCC3C2)c([N+](=O)[O-])c1. The van der Waals surface area contributed by atoms with Crippen LogP contribution >= 0.6 is 0 Å². The van der Waals surface area contributed by atoms with E-state index in [2.05, 4.69) is 9.80 Å². The fraction of sp³-hybridized carbons (Fsp3) is 0.600. The molecule has 1 aromatic rings. The fourth-order valence-electron chi connectivity index (χ4n) is 3.42. The molecule has 0 radical (unpaired) electrons. The maximum absolute atomic E-state index is 11.4. The van der Waals surface area contributed by atoms with E-state index < -0.39 is 6.10 Å². The number of nitro groups is 1. The van der Waals surface area contributed by atoms with Crippen molar-refractivity contribution in [1.82, 2.24) is 4.90 Å². The molecule has 2 aliphatic heterocycles. The molecule has 0 saturated carbocycles. The normalized spacial score (nSPS) is 23.9.